The Morgan fingerprint density at radius 2 is 2.17 bits per heavy atom. The van der Waals surface area contributed by atoms with Crippen LogP contribution in [0.3, 0.4) is 0 Å². The summed E-state index contributed by atoms with van der Waals surface area (Å²) in [6, 6.07) is 0. The van der Waals surface area contributed by atoms with Crippen molar-refractivity contribution in [2.24, 2.45) is 5.73 Å². The minimum absolute atomic E-state index is 0.0594. The van der Waals surface area contributed by atoms with Crippen LogP contribution >= 0.6 is 11.3 Å². The molecule has 2 aromatic heterocycles. The van der Waals surface area contributed by atoms with Gasteiger partial charge in [0.05, 0.1) is 11.3 Å². The molecular formula is C16H19N3O4S. The predicted octanol–water partition coefficient (Wildman–Crippen LogP) is 1.57. The molecule has 1 atom stereocenters. The van der Waals surface area contributed by atoms with Crippen molar-refractivity contribution in [1.29, 1.82) is 0 Å². The number of aromatic nitrogens is 2. The van der Waals surface area contributed by atoms with Crippen LogP contribution < -0.4 is 11.3 Å². The number of carboxylic acids is 1. The molecule has 2 heterocycles. The van der Waals surface area contributed by atoms with Gasteiger partial charge in [-0.3, -0.25) is 19.0 Å². The number of amides is 1. The Kier molecular flexibility index (Phi) is 4.16. The Labute approximate surface area is 142 Å². The summed E-state index contributed by atoms with van der Waals surface area (Å²) in [5.41, 5.74) is 5.49. The van der Waals surface area contributed by atoms with Crippen LogP contribution in [0.25, 0.3) is 10.2 Å². The topological polar surface area (TPSA) is 115 Å². The van der Waals surface area contributed by atoms with Gasteiger partial charge in [-0.25, -0.2) is 4.98 Å². The number of aliphatic carboxylic acids is 1. The summed E-state index contributed by atoms with van der Waals surface area (Å²) in [6.45, 7) is 3.52. The number of rotatable bonds is 4. The van der Waals surface area contributed by atoms with E-state index in [1.807, 2.05) is 13.8 Å². The number of nitrogens with zero attached hydrogens (tertiary/aromatic N) is 2. The second kappa shape index (κ2) is 6.01. The Morgan fingerprint density at radius 3 is 2.75 bits per heavy atom. The number of hydrogen-bond donors (Lipinski definition) is 2. The highest BCUT2D eigenvalue weighted by Crippen LogP contribution is 2.40. The molecule has 128 valence electrons. The number of carboxylic acid groups (broad SMARTS) is 1. The molecule has 0 radical (unpaired) electrons. The summed E-state index contributed by atoms with van der Waals surface area (Å²) in [6.07, 6.45) is 2.05. The predicted molar refractivity (Wildman–Crippen MR) is 90.5 cm³/mol. The van der Waals surface area contributed by atoms with Gasteiger partial charge in [-0.2, -0.15) is 0 Å². The maximum atomic E-state index is 13.0. The van der Waals surface area contributed by atoms with Gasteiger partial charge in [-0.05, 0) is 24.8 Å². The Morgan fingerprint density at radius 1 is 1.46 bits per heavy atom. The third-order valence-electron chi connectivity index (χ3n) is 4.33. The van der Waals surface area contributed by atoms with Gasteiger partial charge in [-0.15, -0.1) is 11.3 Å². The van der Waals surface area contributed by atoms with E-state index in [4.69, 9.17) is 5.73 Å². The maximum absolute atomic E-state index is 13.0. The Hall–Kier alpha value is -2.22. The van der Waals surface area contributed by atoms with Crippen LogP contribution in [0, 0.1) is 0 Å². The third kappa shape index (κ3) is 2.60. The van der Waals surface area contributed by atoms with Gasteiger partial charge >= 0.3 is 5.97 Å². The fourth-order valence-corrected chi connectivity index (χ4v) is 4.60. The number of aryl methyl sites for hydroxylation is 1. The van der Waals surface area contributed by atoms with Crippen molar-refractivity contribution in [2.45, 2.75) is 51.5 Å². The average molecular weight is 349 g/mol. The van der Waals surface area contributed by atoms with Crippen LogP contribution in [-0.4, -0.2) is 26.5 Å². The lowest BCUT2D eigenvalue weighted by Gasteiger charge is -2.19. The first-order chi connectivity index (χ1) is 11.3. The molecule has 0 spiro atoms. The van der Waals surface area contributed by atoms with Crippen molar-refractivity contribution in [3.63, 3.8) is 0 Å². The quantitative estimate of drug-likeness (QED) is 0.869. The second-order valence-electron chi connectivity index (χ2n) is 6.38. The van der Waals surface area contributed by atoms with Crippen LogP contribution in [0.5, 0.6) is 0 Å². The molecule has 1 aliphatic carbocycles. The molecule has 8 heteroatoms. The van der Waals surface area contributed by atoms with Gasteiger partial charge in [0.1, 0.15) is 17.2 Å². The van der Waals surface area contributed by atoms with Crippen molar-refractivity contribution < 1.29 is 14.7 Å². The summed E-state index contributed by atoms with van der Waals surface area (Å²) in [7, 11) is 0. The van der Waals surface area contributed by atoms with Gasteiger partial charge < -0.3 is 10.8 Å². The van der Waals surface area contributed by atoms with E-state index in [2.05, 4.69) is 4.98 Å². The highest BCUT2D eigenvalue weighted by Gasteiger charge is 2.32. The average Bonchev–Trinajstić information content (AvgIpc) is 2.87. The van der Waals surface area contributed by atoms with Crippen molar-refractivity contribution in [2.75, 3.05) is 0 Å². The van der Waals surface area contributed by atoms with Crippen LogP contribution in [0.2, 0.25) is 0 Å². The van der Waals surface area contributed by atoms with Crippen molar-refractivity contribution in [1.82, 2.24) is 9.55 Å². The molecule has 1 aliphatic rings. The van der Waals surface area contributed by atoms with Crippen LogP contribution in [0.15, 0.2) is 4.79 Å². The van der Waals surface area contributed by atoms with Gasteiger partial charge in [0.25, 0.3) is 5.56 Å². The van der Waals surface area contributed by atoms with Gasteiger partial charge in [0.2, 0.25) is 5.91 Å². The number of hydrogen-bond acceptors (Lipinski definition) is 5. The molecule has 3 N–H and O–H groups in total. The highest BCUT2D eigenvalue weighted by atomic mass is 32.1. The standard InChI is InChI=1S/C16H19N3O4S/c1-7(2)13-18-14-12(15(21)19(13)6-10(17)20)11-8(16(22)23)4-3-5-9(11)24-14/h7-8H,3-6H2,1-2H3,(H2,17,20)(H,22,23). The maximum Gasteiger partial charge on any atom is 0.311 e. The molecule has 1 amide bonds. The molecule has 0 saturated heterocycles. The summed E-state index contributed by atoms with van der Waals surface area (Å²) in [5, 5.41) is 9.85. The molecule has 0 bridgehead atoms. The number of thiophene rings is 1. The Balaban J connectivity index is 2.36. The highest BCUT2D eigenvalue weighted by molar-refractivity contribution is 7.18. The molecule has 1 unspecified atom stereocenters. The number of primary amides is 1. The second-order valence-corrected chi connectivity index (χ2v) is 7.47. The lowest BCUT2D eigenvalue weighted by Crippen LogP contribution is -2.32. The van der Waals surface area contributed by atoms with Crippen molar-refractivity contribution >= 4 is 33.4 Å². The molecule has 7 nitrogen and oxygen atoms in total. The molecule has 0 saturated carbocycles. The zero-order chi connectivity index (χ0) is 17.6. The van der Waals surface area contributed by atoms with E-state index in [9.17, 15) is 19.5 Å². The normalized spacial score (nSPS) is 17.2. The zero-order valence-corrected chi connectivity index (χ0v) is 14.4. The molecule has 0 fully saturated rings. The summed E-state index contributed by atoms with van der Waals surface area (Å²) >= 11 is 1.39. The molecule has 0 aromatic carbocycles. The lowest BCUT2D eigenvalue weighted by atomic mass is 9.86. The lowest BCUT2D eigenvalue weighted by molar-refractivity contribution is -0.139. The fourth-order valence-electron chi connectivity index (χ4n) is 3.33. The van der Waals surface area contributed by atoms with E-state index in [1.54, 1.807) is 0 Å². The summed E-state index contributed by atoms with van der Waals surface area (Å²) < 4.78 is 1.29. The molecule has 2 aromatic rings. The van der Waals surface area contributed by atoms with E-state index < -0.39 is 17.8 Å². The Bertz CT molecular complexity index is 897. The largest absolute Gasteiger partial charge is 0.481 e. The monoisotopic (exact) mass is 349 g/mol. The number of carbonyl (C=O) groups excluding carboxylic acids is 1. The van der Waals surface area contributed by atoms with Crippen LogP contribution in [-0.2, 0) is 22.6 Å². The minimum Gasteiger partial charge on any atom is -0.481 e. The number of nitrogens with two attached hydrogens (primary N) is 1. The first kappa shape index (κ1) is 16.6. The number of carbonyl (C=O) groups is 2. The number of fused-ring (bicyclic) bond motifs is 3. The van der Waals surface area contributed by atoms with E-state index in [1.165, 1.54) is 15.9 Å². The van der Waals surface area contributed by atoms with Gasteiger partial charge in [0.15, 0.2) is 0 Å². The SMILES string of the molecule is CC(C)c1nc2sc3c(c2c(=O)n1CC(N)=O)C(C(=O)O)CCC3. The molecular weight excluding hydrogens is 330 g/mol. The molecule has 0 aliphatic heterocycles. The zero-order valence-electron chi connectivity index (χ0n) is 13.5. The fraction of sp³-hybridized carbons (Fsp3) is 0.500. The van der Waals surface area contributed by atoms with Gasteiger partial charge in [-0.1, -0.05) is 13.8 Å². The smallest absolute Gasteiger partial charge is 0.311 e. The van der Waals surface area contributed by atoms with Crippen molar-refractivity contribution in [3.8, 4) is 0 Å². The first-order valence-electron chi connectivity index (χ1n) is 7.88. The van der Waals surface area contributed by atoms with Crippen molar-refractivity contribution in [3.05, 3.63) is 26.6 Å². The summed E-state index contributed by atoms with van der Waals surface area (Å²) in [5.74, 6) is -1.81. The van der Waals surface area contributed by atoms with E-state index in [-0.39, 0.29) is 18.0 Å². The molecule has 24 heavy (non-hydrogen) atoms. The van der Waals surface area contributed by atoms with E-state index in [0.717, 1.165) is 17.7 Å². The van der Waals surface area contributed by atoms with Crippen LogP contribution in [0.4, 0.5) is 0 Å². The minimum atomic E-state index is -0.926. The third-order valence-corrected chi connectivity index (χ3v) is 5.49. The van der Waals surface area contributed by atoms with Crippen LogP contribution in [0.1, 0.15) is 54.8 Å². The van der Waals surface area contributed by atoms with E-state index >= 15 is 0 Å². The van der Waals surface area contributed by atoms with Gasteiger partial charge in [0, 0.05) is 10.8 Å². The molecule has 3 rings (SSSR count). The first-order valence-corrected chi connectivity index (χ1v) is 8.70. The summed E-state index contributed by atoms with van der Waals surface area (Å²) in [4.78, 5) is 42.0. The van der Waals surface area contributed by atoms with E-state index in [0.29, 0.717) is 28.0 Å².